The number of aliphatic hydroxyl groups excluding tert-OH is 1. The maximum atomic E-state index is 10.9. The van der Waals surface area contributed by atoms with Crippen LogP contribution in [0.25, 0.3) is 0 Å². The topological polar surface area (TPSA) is 70.0 Å². The van der Waals surface area contributed by atoms with Gasteiger partial charge in [0.25, 0.3) is 0 Å². The van der Waals surface area contributed by atoms with Crippen LogP contribution >= 0.6 is 0 Å². The standard InChI is InChI=1S/C11H21NO4/c1-2-3-4-5-16-10-6-9(8-13)12(7-10)11(14)15/h9-10,13H,2-8H2,1H3,(H,14,15). The Morgan fingerprint density at radius 2 is 2.25 bits per heavy atom. The van der Waals surface area contributed by atoms with E-state index in [1.54, 1.807) is 0 Å². The molecule has 0 spiro atoms. The summed E-state index contributed by atoms with van der Waals surface area (Å²) in [6, 6.07) is -0.298. The molecule has 0 aromatic rings. The molecule has 16 heavy (non-hydrogen) atoms. The lowest BCUT2D eigenvalue weighted by atomic mass is 10.2. The van der Waals surface area contributed by atoms with Crippen LogP contribution in [-0.4, -0.2) is 53.1 Å². The first-order valence-electron chi connectivity index (χ1n) is 5.91. The first-order valence-corrected chi connectivity index (χ1v) is 5.91. The van der Waals surface area contributed by atoms with Gasteiger partial charge < -0.3 is 19.8 Å². The Morgan fingerprint density at radius 3 is 2.75 bits per heavy atom. The molecule has 5 nitrogen and oxygen atoms in total. The van der Waals surface area contributed by atoms with Crippen molar-refractivity contribution in [3.8, 4) is 0 Å². The number of aliphatic hydroxyl groups is 1. The van der Waals surface area contributed by atoms with E-state index < -0.39 is 6.09 Å². The van der Waals surface area contributed by atoms with Gasteiger partial charge in [-0.3, -0.25) is 0 Å². The minimum absolute atomic E-state index is 0.0508. The molecule has 1 heterocycles. The van der Waals surface area contributed by atoms with Crippen LogP contribution < -0.4 is 0 Å². The molecule has 1 fully saturated rings. The zero-order chi connectivity index (χ0) is 12.0. The molecule has 94 valence electrons. The predicted octanol–water partition coefficient (Wildman–Crippen LogP) is 1.31. The highest BCUT2D eigenvalue weighted by atomic mass is 16.5. The summed E-state index contributed by atoms with van der Waals surface area (Å²) in [5.41, 5.74) is 0. The second-order valence-corrected chi connectivity index (χ2v) is 4.21. The van der Waals surface area contributed by atoms with Crippen molar-refractivity contribution in [3.05, 3.63) is 0 Å². The van der Waals surface area contributed by atoms with E-state index in [4.69, 9.17) is 14.9 Å². The van der Waals surface area contributed by atoms with Gasteiger partial charge in [-0.1, -0.05) is 19.8 Å². The van der Waals surface area contributed by atoms with E-state index in [0.29, 0.717) is 19.6 Å². The summed E-state index contributed by atoms with van der Waals surface area (Å²) in [4.78, 5) is 12.1. The molecule has 1 rings (SSSR count). The minimum atomic E-state index is -0.973. The number of carboxylic acid groups (broad SMARTS) is 1. The first kappa shape index (κ1) is 13.3. The van der Waals surface area contributed by atoms with Crippen molar-refractivity contribution in [2.45, 2.75) is 44.8 Å². The zero-order valence-electron chi connectivity index (χ0n) is 9.76. The molecule has 0 radical (unpaired) electrons. The van der Waals surface area contributed by atoms with Crippen molar-refractivity contribution in [3.63, 3.8) is 0 Å². The fourth-order valence-electron chi connectivity index (χ4n) is 2.00. The molecule has 1 aliphatic heterocycles. The molecule has 5 heteroatoms. The molecular weight excluding hydrogens is 210 g/mol. The van der Waals surface area contributed by atoms with E-state index in [0.717, 1.165) is 19.3 Å². The molecule has 0 saturated carbocycles. The highest BCUT2D eigenvalue weighted by Gasteiger charge is 2.35. The Bertz CT molecular complexity index is 222. The van der Waals surface area contributed by atoms with Gasteiger partial charge in [-0.2, -0.15) is 0 Å². The summed E-state index contributed by atoms with van der Waals surface area (Å²) in [7, 11) is 0. The summed E-state index contributed by atoms with van der Waals surface area (Å²) in [6.07, 6.45) is 2.88. The molecular formula is C11H21NO4. The lowest BCUT2D eigenvalue weighted by Crippen LogP contribution is -2.36. The number of unbranched alkanes of at least 4 members (excludes halogenated alkanes) is 2. The Kier molecular flexibility index (Phi) is 5.55. The van der Waals surface area contributed by atoms with Crippen LogP contribution in [-0.2, 0) is 4.74 Å². The van der Waals surface area contributed by atoms with Crippen molar-refractivity contribution in [1.82, 2.24) is 4.90 Å². The molecule has 2 N–H and O–H groups in total. The molecule has 2 unspecified atom stereocenters. The monoisotopic (exact) mass is 231 g/mol. The van der Waals surface area contributed by atoms with E-state index in [9.17, 15) is 4.79 Å². The average molecular weight is 231 g/mol. The van der Waals surface area contributed by atoms with Gasteiger partial charge in [-0.25, -0.2) is 4.79 Å². The largest absolute Gasteiger partial charge is 0.465 e. The molecule has 0 aromatic carbocycles. The predicted molar refractivity (Wildman–Crippen MR) is 59.5 cm³/mol. The van der Waals surface area contributed by atoms with E-state index in [-0.39, 0.29) is 18.8 Å². The van der Waals surface area contributed by atoms with E-state index >= 15 is 0 Å². The average Bonchev–Trinajstić information content (AvgIpc) is 2.68. The van der Waals surface area contributed by atoms with Crippen LogP contribution in [0.15, 0.2) is 0 Å². The van der Waals surface area contributed by atoms with Crippen molar-refractivity contribution in [1.29, 1.82) is 0 Å². The summed E-state index contributed by atoms with van der Waals surface area (Å²) in [6.45, 7) is 3.07. The Balaban J connectivity index is 2.28. The fraction of sp³-hybridized carbons (Fsp3) is 0.909. The number of likely N-dealkylation sites (tertiary alicyclic amines) is 1. The van der Waals surface area contributed by atoms with Crippen molar-refractivity contribution < 1.29 is 19.7 Å². The maximum absolute atomic E-state index is 10.9. The van der Waals surface area contributed by atoms with Crippen LogP contribution in [0.4, 0.5) is 4.79 Å². The second kappa shape index (κ2) is 6.70. The number of nitrogens with zero attached hydrogens (tertiary/aromatic N) is 1. The zero-order valence-corrected chi connectivity index (χ0v) is 9.76. The summed E-state index contributed by atoms with van der Waals surface area (Å²) < 4.78 is 5.60. The molecule has 1 amide bonds. The van der Waals surface area contributed by atoms with Crippen molar-refractivity contribution in [2.24, 2.45) is 0 Å². The molecule has 2 atom stereocenters. The van der Waals surface area contributed by atoms with Crippen molar-refractivity contribution in [2.75, 3.05) is 19.8 Å². The summed E-state index contributed by atoms with van der Waals surface area (Å²) in [5, 5.41) is 18.0. The van der Waals surface area contributed by atoms with E-state index in [2.05, 4.69) is 6.92 Å². The number of ether oxygens (including phenoxy) is 1. The third-order valence-corrected chi connectivity index (χ3v) is 2.93. The fourth-order valence-corrected chi connectivity index (χ4v) is 2.00. The number of amides is 1. The smallest absolute Gasteiger partial charge is 0.407 e. The van der Waals surface area contributed by atoms with Gasteiger partial charge in [0.2, 0.25) is 0 Å². The van der Waals surface area contributed by atoms with Gasteiger partial charge in [-0.05, 0) is 12.8 Å². The summed E-state index contributed by atoms with van der Waals surface area (Å²) >= 11 is 0. The third-order valence-electron chi connectivity index (χ3n) is 2.93. The molecule has 1 saturated heterocycles. The number of hydrogen-bond donors (Lipinski definition) is 2. The molecule has 0 bridgehead atoms. The first-order chi connectivity index (χ1) is 7.69. The van der Waals surface area contributed by atoms with Gasteiger partial charge in [0, 0.05) is 6.61 Å². The minimum Gasteiger partial charge on any atom is -0.465 e. The number of hydrogen-bond acceptors (Lipinski definition) is 3. The lowest BCUT2D eigenvalue weighted by molar-refractivity contribution is 0.0561. The summed E-state index contributed by atoms with van der Waals surface area (Å²) in [5.74, 6) is 0. The maximum Gasteiger partial charge on any atom is 0.407 e. The van der Waals surface area contributed by atoms with Crippen LogP contribution in [0.5, 0.6) is 0 Å². The van der Waals surface area contributed by atoms with Gasteiger partial charge >= 0.3 is 6.09 Å². The van der Waals surface area contributed by atoms with Crippen LogP contribution in [0.1, 0.15) is 32.6 Å². The highest BCUT2D eigenvalue weighted by molar-refractivity contribution is 5.66. The highest BCUT2D eigenvalue weighted by Crippen LogP contribution is 2.20. The van der Waals surface area contributed by atoms with Crippen molar-refractivity contribution >= 4 is 6.09 Å². The van der Waals surface area contributed by atoms with E-state index in [1.165, 1.54) is 4.90 Å². The van der Waals surface area contributed by atoms with Crippen LogP contribution in [0, 0.1) is 0 Å². The van der Waals surface area contributed by atoms with Crippen LogP contribution in [0.3, 0.4) is 0 Å². The Hall–Kier alpha value is -0.810. The number of rotatable bonds is 6. The third kappa shape index (κ3) is 3.64. The molecule has 1 aliphatic rings. The second-order valence-electron chi connectivity index (χ2n) is 4.21. The Labute approximate surface area is 96.0 Å². The molecule has 0 aliphatic carbocycles. The quantitative estimate of drug-likeness (QED) is 0.676. The van der Waals surface area contributed by atoms with E-state index in [1.807, 2.05) is 0 Å². The van der Waals surface area contributed by atoms with Gasteiger partial charge in [0.05, 0.1) is 25.3 Å². The Morgan fingerprint density at radius 1 is 1.50 bits per heavy atom. The molecule has 0 aromatic heterocycles. The lowest BCUT2D eigenvalue weighted by Gasteiger charge is -2.18. The SMILES string of the molecule is CCCCCOC1CC(CO)N(C(=O)O)C1. The van der Waals surface area contributed by atoms with Gasteiger partial charge in [0.1, 0.15) is 0 Å². The van der Waals surface area contributed by atoms with Gasteiger partial charge in [0.15, 0.2) is 0 Å². The normalized spacial score (nSPS) is 25.0. The van der Waals surface area contributed by atoms with Gasteiger partial charge in [-0.15, -0.1) is 0 Å². The number of carbonyl (C=O) groups is 1. The van der Waals surface area contributed by atoms with Crippen LogP contribution in [0.2, 0.25) is 0 Å².